The van der Waals surface area contributed by atoms with Gasteiger partial charge in [-0.15, -0.1) is 0 Å². The van der Waals surface area contributed by atoms with E-state index < -0.39 is 8.32 Å². The van der Waals surface area contributed by atoms with Crippen molar-refractivity contribution in [2.45, 2.75) is 70.2 Å². The Hall–Kier alpha value is -0.163. The van der Waals surface area contributed by atoms with Gasteiger partial charge in [-0.25, -0.2) is 0 Å². The number of ether oxygens (including phenoxy) is 1. The fraction of sp³-hybridized carbons (Fsp3) is 0.875. The first-order valence-corrected chi connectivity index (χ1v) is 10.9. The molecule has 2 bridgehead atoms. The number of hydrogen-bond donors (Lipinski definition) is 1. The van der Waals surface area contributed by atoms with Crippen LogP contribution < -0.4 is 5.32 Å². The van der Waals surface area contributed by atoms with Crippen molar-refractivity contribution in [1.82, 2.24) is 5.32 Å². The Labute approximate surface area is 125 Å². The third-order valence-electron chi connectivity index (χ3n) is 4.92. The second-order valence-corrected chi connectivity index (χ2v) is 12.6. The summed E-state index contributed by atoms with van der Waals surface area (Å²) in [5.74, 6) is 0. The van der Waals surface area contributed by atoms with Crippen LogP contribution in [0.1, 0.15) is 40.0 Å². The molecule has 2 atom stereocenters. The number of fused-ring (bicyclic) bond motifs is 2. The lowest BCUT2D eigenvalue weighted by Gasteiger charge is -2.36. The molecular weight excluding hydrogens is 266 g/mol. The third kappa shape index (κ3) is 4.17. The highest BCUT2D eigenvalue weighted by molar-refractivity contribution is 6.74. The molecule has 0 aromatic heterocycles. The summed E-state index contributed by atoms with van der Waals surface area (Å²) in [6.45, 7) is 14.2. The van der Waals surface area contributed by atoms with Gasteiger partial charge in [-0.3, -0.25) is 0 Å². The van der Waals surface area contributed by atoms with Crippen molar-refractivity contribution in [1.29, 1.82) is 0 Å². The molecule has 0 amide bonds. The van der Waals surface area contributed by atoms with Crippen LogP contribution in [-0.2, 0) is 9.16 Å². The van der Waals surface area contributed by atoms with E-state index in [1.54, 1.807) is 5.57 Å². The largest absolute Gasteiger partial charge is 0.417 e. The Morgan fingerprint density at radius 2 is 2.10 bits per heavy atom. The van der Waals surface area contributed by atoms with Gasteiger partial charge in [0.05, 0.1) is 13.2 Å². The van der Waals surface area contributed by atoms with Gasteiger partial charge in [0.1, 0.15) is 0 Å². The molecular formula is C16H31NO2Si. The minimum absolute atomic E-state index is 0.315. The Morgan fingerprint density at radius 1 is 1.35 bits per heavy atom. The maximum Gasteiger partial charge on any atom is 0.191 e. The van der Waals surface area contributed by atoms with Gasteiger partial charge in [-0.1, -0.05) is 32.4 Å². The highest BCUT2D eigenvalue weighted by atomic mass is 28.4. The highest BCUT2D eigenvalue weighted by Gasteiger charge is 2.36. The van der Waals surface area contributed by atoms with Crippen LogP contribution in [0.15, 0.2) is 11.6 Å². The average molecular weight is 298 g/mol. The van der Waals surface area contributed by atoms with Crippen LogP contribution in [-0.4, -0.2) is 40.2 Å². The number of nitrogens with one attached hydrogen (secondary N) is 1. The Balaban J connectivity index is 1.73. The van der Waals surface area contributed by atoms with Crippen LogP contribution in [0.25, 0.3) is 0 Å². The topological polar surface area (TPSA) is 30.5 Å². The van der Waals surface area contributed by atoms with E-state index in [1.165, 1.54) is 6.42 Å². The maximum atomic E-state index is 6.25. The van der Waals surface area contributed by atoms with Crippen molar-refractivity contribution < 1.29 is 9.16 Å². The van der Waals surface area contributed by atoms with Crippen LogP contribution in [0, 0.1) is 0 Å². The molecule has 1 N–H and O–H groups in total. The molecule has 3 nitrogen and oxygen atoms in total. The molecule has 0 aromatic rings. The van der Waals surface area contributed by atoms with Crippen molar-refractivity contribution in [3.05, 3.63) is 11.6 Å². The zero-order valence-electron chi connectivity index (χ0n) is 13.8. The molecule has 2 aliphatic rings. The van der Waals surface area contributed by atoms with E-state index in [9.17, 15) is 0 Å². The minimum Gasteiger partial charge on any atom is -0.417 e. The van der Waals surface area contributed by atoms with E-state index in [0.717, 1.165) is 32.7 Å². The van der Waals surface area contributed by atoms with Gasteiger partial charge in [0.2, 0.25) is 0 Å². The summed E-state index contributed by atoms with van der Waals surface area (Å²) in [5, 5.41) is 3.91. The predicted octanol–water partition coefficient (Wildman–Crippen LogP) is 3.48. The lowest BCUT2D eigenvalue weighted by atomic mass is 9.94. The SMILES string of the molecule is CC(C)(C)[Si](C)(C)OCCCC1=CC2COCC(C1)N2. The summed E-state index contributed by atoms with van der Waals surface area (Å²) in [6, 6.07) is 0.980. The second-order valence-electron chi connectivity index (χ2n) is 7.75. The lowest BCUT2D eigenvalue weighted by molar-refractivity contribution is 0.0525. The molecule has 20 heavy (non-hydrogen) atoms. The highest BCUT2D eigenvalue weighted by Crippen LogP contribution is 2.36. The minimum atomic E-state index is -1.57. The lowest BCUT2D eigenvalue weighted by Crippen LogP contribution is -2.50. The summed E-state index contributed by atoms with van der Waals surface area (Å²) in [5.41, 5.74) is 1.60. The summed E-state index contributed by atoms with van der Waals surface area (Å²) in [6.07, 6.45) is 5.86. The molecule has 116 valence electrons. The quantitative estimate of drug-likeness (QED) is 0.479. The normalized spacial score (nSPS) is 27.4. The molecule has 2 unspecified atom stereocenters. The third-order valence-corrected chi connectivity index (χ3v) is 9.46. The molecule has 4 heteroatoms. The first kappa shape index (κ1) is 16.2. The van der Waals surface area contributed by atoms with Gasteiger partial charge >= 0.3 is 0 Å². The van der Waals surface area contributed by atoms with E-state index in [4.69, 9.17) is 9.16 Å². The summed E-state index contributed by atoms with van der Waals surface area (Å²) < 4.78 is 11.8. The van der Waals surface area contributed by atoms with E-state index in [-0.39, 0.29) is 0 Å². The van der Waals surface area contributed by atoms with Crippen LogP contribution >= 0.6 is 0 Å². The van der Waals surface area contributed by atoms with Crippen molar-refractivity contribution in [2.75, 3.05) is 19.8 Å². The van der Waals surface area contributed by atoms with Gasteiger partial charge in [-0.05, 0) is 37.4 Å². The first-order chi connectivity index (χ1) is 9.28. The molecule has 2 heterocycles. The Morgan fingerprint density at radius 3 is 2.75 bits per heavy atom. The Kier molecular flexibility index (Phi) is 5.11. The monoisotopic (exact) mass is 297 g/mol. The molecule has 0 saturated carbocycles. The molecule has 2 aliphatic heterocycles. The summed E-state index contributed by atoms with van der Waals surface area (Å²) in [7, 11) is -1.57. The molecule has 2 rings (SSSR count). The van der Waals surface area contributed by atoms with E-state index in [1.807, 2.05) is 0 Å². The van der Waals surface area contributed by atoms with Crippen molar-refractivity contribution >= 4 is 8.32 Å². The van der Waals surface area contributed by atoms with Gasteiger partial charge in [-0.2, -0.15) is 0 Å². The molecule has 0 aromatic carbocycles. The van der Waals surface area contributed by atoms with Crippen molar-refractivity contribution in [3.63, 3.8) is 0 Å². The predicted molar refractivity (Wildman–Crippen MR) is 86.6 cm³/mol. The summed E-state index contributed by atoms with van der Waals surface area (Å²) >= 11 is 0. The first-order valence-electron chi connectivity index (χ1n) is 7.95. The van der Waals surface area contributed by atoms with E-state index in [2.05, 4.69) is 45.3 Å². The molecule has 1 fully saturated rings. The fourth-order valence-electron chi connectivity index (χ4n) is 2.65. The molecule has 0 radical (unpaired) electrons. The zero-order chi connectivity index (χ0) is 14.8. The van der Waals surface area contributed by atoms with Gasteiger partial charge in [0, 0.05) is 18.7 Å². The average Bonchev–Trinajstić information content (AvgIpc) is 2.33. The number of hydrogen-bond acceptors (Lipinski definition) is 3. The van der Waals surface area contributed by atoms with Gasteiger partial charge in [0.15, 0.2) is 8.32 Å². The van der Waals surface area contributed by atoms with Crippen molar-refractivity contribution in [3.8, 4) is 0 Å². The second kappa shape index (κ2) is 6.30. The van der Waals surface area contributed by atoms with Crippen LogP contribution in [0.5, 0.6) is 0 Å². The Bertz CT molecular complexity index is 360. The van der Waals surface area contributed by atoms with E-state index >= 15 is 0 Å². The van der Waals surface area contributed by atoms with Gasteiger partial charge in [0.25, 0.3) is 0 Å². The number of rotatable bonds is 5. The van der Waals surface area contributed by atoms with E-state index in [0.29, 0.717) is 17.1 Å². The van der Waals surface area contributed by atoms with Gasteiger partial charge < -0.3 is 14.5 Å². The van der Waals surface area contributed by atoms with Crippen LogP contribution in [0.3, 0.4) is 0 Å². The zero-order valence-corrected chi connectivity index (χ0v) is 14.8. The standard InChI is InChI=1S/C16H31NO2Si/c1-16(2,3)20(4,5)19-8-6-7-13-9-14-11-18-12-15(10-13)17-14/h9,14-15,17H,6-8,10-12H2,1-5H3. The fourth-order valence-corrected chi connectivity index (χ4v) is 3.74. The smallest absolute Gasteiger partial charge is 0.191 e. The maximum absolute atomic E-state index is 6.25. The number of morpholine rings is 1. The summed E-state index contributed by atoms with van der Waals surface area (Å²) in [4.78, 5) is 0. The molecule has 1 saturated heterocycles. The van der Waals surface area contributed by atoms with Crippen molar-refractivity contribution in [2.24, 2.45) is 0 Å². The molecule has 0 spiro atoms. The van der Waals surface area contributed by atoms with Crippen LogP contribution in [0.2, 0.25) is 18.1 Å². The van der Waals surface area contributed by atoms with Crippen LogP contribution in [0.4, 0.5) is 0 Å². The molecule has 0 aliphatic carbocycles.